The molecule has 1 atom stereocenters. The number of nitrogens with zero attached hydrogens (tertiary/aromatic N) is 2. The van der Waals surface area contributed by atoms with Gasteiger partial charge in [-0.05, 0) is 37.5 Å². The second kappa shape index (κ2) is 4.26. The minimum atomic E-state index is -0.463. The lowest BCUT2D eigenvalue weighted by molar-refractivity contribution is 0.0589. The van der Waals surface area contributed by atoms with Gasteiger partial charge in [0.2, 0.25) is 5.91 Å². The van der Waals surface area contributed by atoms with Crippen LogP contribution in [-0.4, -0.2) is 36.5 Å². The van der Waals surface area contributed by atoms with E-state index in [2.05, 4.69) is 4.90 Å². The third-order valence-corrected chi connectivity index (χ3v) is 4.07. The van der Waals surface area contributed by atoms with Gasteiger partial charge in [0, 0.05) is 19.2 Å². The summed E-state index contributed by atoms with van der Waals surface area (Å²) in [5, 5.41) is 0. The molecule has 1 aromatic rings. The van der Waals surface area contributed by atoms with Gasteiger partial charge in [0.25, 0.3) is 5.91 Å². The van der Waals surface area contributed by atoms with E-state index in [1.807, 2.05) is 11.9 Å². The Morgan fingerprint density at radius 2 is 2.16 bits per heavy atom. The first-order valence-corrected chi connectivity index (χ1v) is 6.57. The number of nitrogens with two attached hydrogens (primary N) is 1. The van der Waals surface area contributed by atoms with E-state index >= 15 is 0 Å². The quantitative estimate of drug-likeness (QED) is 0.823. The van der Waals surface area contributed by atoms with E-state index in [9.17, 15) is 9.59 Å². The summed E-state index contributed by atoms with van der Waals surface area (Å²) >= 11 is 0. The molecular formula is C14H17N3O2. The summed E-state index contributed by atoms with van der Waals surface area (Å²) in [6.45, 7) is 0.810. The van der Waals surface area contributed by atoms with E-state index in [1.54, 1.807) is 18.2 Å². The molecule has 2 heterocycles. The third kappa shape index (κ3) is 1.77. The maximum Gasteiger partial charge on any atom is 0.257 e. The van der Waals surface area contributed by atoms with Gasteiger partial charge >= 0.3 is 0 Å². The van der Waals surface area contributed by atoms with Crippen LogP contribution in [0.5, 0.6) is 0 Å². The van der Waals surface area contributed by atoms with Gasteiger partial charge in [-0.1, -0.05) is 0 Å². The molecule has 5 heteroatoms. The van der Waals surface area contributed by atoms with E-state index in [0.29, 0.717) is 11.1 Å². The first kappa shape index (κ1) is 12.0. The third-order valence-electron chi connectivity index (χ3n) is 4.07. The number of carbonyl (C=O) groups is 2. The Morgan fingerprint density at radius 1 is 1.37 bits per heavy atom. The molecule has 19 heavy (non-hydrogen) atoms. The predicted octanol–water partition coefficient (Wildman–Crippen LogP) is 1.19. The molecule has 0 spiro atoms. The van der Waals surface area contributed by atoms with Gasteiger partial charge in [-0.3, -0.25) is 9.59 Å². The highest BCUT2D eigenvalue weighted by molar-refractivity contribution is 6.04. The van der Waals surface area contributed by atoms with Crippen molar-refractivity contribution in [3.05, 3.63) is 29.3 Å². The van der Waals surface area contributed by atoms with E-state index in [0.717, 1.165) is 31.5 Å². The lowest BCUT2D eigenvalue weighted by atomic mass is 9.98. The van der Waals surface area contributed by atoms with E-state index < -0.39 is 5.91 Å². The van der Waals surface area contributed by atoms with Crippen molar-refractivity contribution in [3.63, 3.8) is 0 Å². The Morgan fingerprint density at radius 3 is 2.89 bits per heavy atom. The van der Waals surface area contributed by atoms with Crippen molar-refractivity contribution in [2.75, 3.05) is 18.5 Å². The summed E-state index contributed by atoms with van der Waals surface area (Å²) in [4.78, 5) is 27.7. The van der Waals surface area contributed by atoms with Crippen LogP contribution >= 0.6 is 0 Å². The van der Waals surface area contributed by atoms with Gasteiger partial charge in [0.1, 0.15) is 6.17 Å². The Hall–Kier alpha value is -2.04. The van der Waals surface area contributed by atoms with Crippen molar-refractivity contribution in [2.45, 2.75) is 25.4 Å². The van der Waals surface area contributed by atoms with Gasteiger partial charge in [-0.2, -0.15) is 0 Å². The number of amides is 2. The first-order valence-electron chi connectivity index (χ1n) is 6.57. The van der Waals surface area contributed by atoms with Crippen LogP contribution in [0.15, 0.2) is 18.2 Å². The molecule has 1 saturated heterocycles. The SMILES string of the molecule is CN1c2cc(C(N)=O)ccc2C(=O)N2CCCC[C@H]21. The average Bonchev–Trinajstić information content (AvgIpc) is 2.44. The van der Waals surface area contributed by atoms with Gasteiger partial charge in [0.15, 0.2) is 0 Å². The molecule has 2 aliphatic rings. The monoisotopic (exact) mass is 259 g/mol. The normalized spacial score (nSPS) is 21.9. The molecule has 2 aliphatic heterocycles. The van der Waals surface area contributed by atoms with Crippen LogP contribution < -0.4 is 10.6 Å². The molecule has 0 saturated carbocycles. The van der Waals surface area contributed by atoms with E-state index in [-0.39, 0.29) is 12.1 Å². The molecule has 0 unspecified atom stereocenters. The number of piperidine rings is 1. The topological polar surface area (TPSA) is 66.6 Å². The number of fused-ring (bicyclic) bond motifs is 2. The molecule has 0 aliphatic carbocycles. The van der Waals surface area contributed by atoms with E-state index in [1.165, 1.54) is 0 Å². The maximum atomic E-state index is 12.5. The molecule has 0 bridgehead atoms. The number of anilines is 1. The molecule has 2 N–H and O–H groups in total. The first-order chi connectivity index (χ1) is 9.09. The number of benzene rings is 1. The molecule has 1 aromatic carbocycles. The van der Waals surface area contributed by atoms with E-state index in [4.69, 9.17) is 5.73 Å². The molecular weight excluding hydrogens is 242 g/mol. The largest absolute Gasteiger partial charge is 0.366 e. The smallest absolute Gasteiger partial charge is 0.257 e. The zero-order valence-electron chi connectivity index (χ0n) is 10.9. The highest BCUT2D eigenvalue weighted by Crippen LogP contribution is 2.34. The molecule has 0 aromatic heterocycles. The Kier molecular flexibility index (Phi) is 2.69. The highest BCUT2D eigenvalue weighted by atomic mass is 16.2. The van der Waals surface area contributed by atoms with Crippen molar-refractivity contribution >= 4 is 17.5 Å². The summed E-state index contributed by atoms with van der Waals surface area (Å²) in [5.74, 6) is -0.399. The summed E-state index contributed by atoms with van der Waals surface area (Å²) in [6, 6.07) is 5.05. The minimum absolute atomic E-state index is 0.0637. The molecule has 1 fully saturated rings. The maximum absolute atomic E-state index is 12.5. The fraction of sp³-hybridized carbons (Fsp3) is 0.429. The zero-order valence-corrected chi connectivity index (χ0v) is 10.9. The molecule has 0 radical (unpaired) electrons. The summed E-state index contributed by atoms with van der Waals surface area (Å²) < 4.78 is 0. The molecule has 5 nitrogen and oxygen atoms in total. The summed E-state index contributed by atoms with van der Waals surface area (Å²) in [5.41, 5.74) is 7.22. The molecule has 3 rings (SSSR count). The van der Waals surface area contributed by atoms with Crippen LogP contribution in [0, 0.1) is 0 Å². The number of carbonyl (C=O) groups excluding carboxylic acids is 2. The van der Waals surface area contributed by atoms with Crippen molar-refractivity contribution in [3.8, 4) is 0 Å². The standard InChI is InChI=1S/C14H17N3O2/c1-16-11-8-9(13(15)18)5-6-10(11)14(19)17-7-3-2-4-12(16)17/h5-6,8,12H,2-4,7H2,1H3,(H2,15,18)/t12-/m0/s1. The number of primary amides is 1. The Bertz CT molecular complexity index is 556. The molecule has 2 amide bonds. The van der Waals surface area contributed by atoms with Crippen LogP contribution in [0.3, 0.4) is 0 Å². The average molecular weight is 259 g/mol. The van der Waals surface area contributed by atoms with Gasteiger partial charge in [-0.15, -0.1) is 0 Å². The highest BCUT2D eigenvalue weighted by Gasteiger charge is 2.37. The van der Waals surface area contributed by atoms with Gasteiger partial charge < -0.3 is 15.5 Å². The minimum Gasteiger partial charge on any atom is -0.366 e. The number of hydrogen-bond donors (Lipinski definition) is 1. The Balaban J connectivity index is 2.09. The van der Waals surface area contributed by atoms with Crippen molar-refractivity contribution in [1.29, 1.82) is 0 Å². The summed E-state index contributed by atoms with van der Waals surface area (Å²) in [7, 11) is 1.97. The van der Waals surface area contributed by atoms with Crippen LogP contribution in [0.2, 0.25) is 0 Å². The van der Waals surface area contributed by atoms with Crippen LogP contribution in [0.1, 0.15) is 40.0 Å². The number of rotatable bonds is 1. The lowest BCUT2D eigenvalue weighted by Crippen LogP contribution is -2.55. The van der Waals surface area contributed by atoms with Crippen LogP contribution in [0.4, 0.5) is 5.69 Å². The van der Waals surface area contributed by atoms with Crippen molar-refractivity contribution in [2.24, 2.45) is 5.73 Å². The fourth-order valence-electron chi connectivity index (χ4n) is 3.03. The van der Waals surface area contributed by atoms with Crippen molar-refractivity contribution < 1.29 is 9.59 Å². The van der Waals surface area contributed by atoms with Crippen LogP contribution in [0.25, 0.3) is 0 Å². The zero-order chi connectivity index (χ0) is 13.6. The van der Waals surface area contributed by atoms with Crippen LogP contribution in [-0.2, 0) is 0 Å². The predicted molar refractivity (Wildman–Crippen MR) is 72.0 cm³/mol. The summed E-state index contributed by atoms with van der Waals surface area (Å²) in [6.07, 6.45) is 3.27. The fourth-order valence-corrected chi connectivity index (χ4v) is 3.03. The van der Waals surface area contributed by atoms with Crippen molar-refractivity contribution in [1.82, 2.24) is 4.90 Å². The second-order valence-corrected chi connectivity index (χ2v) is 5.18. The second-order valence-electron chi connectivity index (χ2n) is 5.18. The lowest BCUT2D eigenvalue weighted by Gasteiger charge is -2.46. The van der Waals surface area contributed by atoms with Gasteiger partial charge in [-0.25, -0.2) is 0 Å². The van der Waals surface area contributed by atoms with Gasteiger partial charge in [0.05, 0.1) is 11.3 Å². The molecule has 100 valence electrons. The Labute approximate surface area is 112 Å². The number of hydrogen-bond acceptors (Lipinski definition) is 3.